The second-order valence-corrected chi connectivity index (χ2v) is 14.7. The summed E-state index contributed by atoms with van der Waals surface area (Å²) in [5.41, 5.74) is 3.71. The first-order valence-electron chi connectivity index (χ1n) is 9.52. The van der Waals surface area contributed by atoms with Crippen LogP contribution in [-0.4, -0.2) is 39.3 Å². The topological polar surface area (TPSA) is 91.3 Å². The number of allylic oxidation sites excluding steroid dienone is 1. The van der Waals surface area contributed by atoms with E-state index in [9.17, 15) is 9.36 Å². The van der Waals surface area contributed by atoms with E-state index in [2.05, 4.69) is 19.6 Å². The third-order valence-electron chi connectivity index (χ3n) is 4.78. The predicted molar refractivity (Wildman–Crippen MR) is 114 cm³/mol. The van der Waals surface area contributed by atoms with Crippen molar-refractivity contribution in [1.82, 2.24) is 0 Å². The first-order valence-corrected chi connectivity index (χ1v) is 14.4. The second kappa shape index (κ2) is 9.85. The maximum atomic E-state index is 12.4. The number of carbonyl (C=O) groups excluding carboxylic acids is 1. The molecule has 1 heterocycles. The smallest absolute Gasteiger partial charge is 0.496 e. The summed E-state index contributed by atoms with van der Waals surface area (Å²) in [7, 11) is -2.36. The summed E-state index contributed by atoms with van der Waals surface area (Å²) in [5.74, 6) is 0.806. The molecule has 1 aromatic carbocycles. The average Bonchev–Trinajstić information content (AvgIpc) is 3.01. The molecule has 1 aliphatic heterocycles. The molecular formula is C20H30O7PSi+. The maximum Gasteiger partial charge on any atom is 0.695 e. The SMILES string of the molecule is COc1c(C)c2c(c(OCC[Si](C)(C)C)c1CC=C(C)CO[P+](=O)O)C(=O)OC2. The van der Waals surface area contributed by atoms with Crippen molar-refractivity contribution in [3.05, 3.63) is 33.9 Å². The van der Waals surface area contributed by atoms with Crippen LogP contribution in [0.2, 0.25) is 25.7 Å². The summed E-state index contributed by atoms with van der Waals surface area (Å²) in [5, 5.41) is 0. The number of ether oxygens (including phenoxy) is 3. The fourth-order valence-corrected chi connectivity index (χ4v) is 4.15. The number of fused-ring (bicyclic) bond motifs is 1. The maximum absolute atomic E-state index is 12.4. The Hall–Kier alpha value is -1.73. The Kier molecular flexibility index (Phi) is 7.99. The van der Waals surface area contributed by atoms with E-state index in [1.54, 1.807) is 7.11 Å². The molecule has 0 spiro atoms. The van der Waals surface area contributed by atoms with E-state index in [0.717, 1.165) is 28.3 Å². The van der Waals surface area contributed by atoms with Crippen LogP contribution in [0, 0.1) is 6.92 Å². The second-order valence-electron chi connectivity index (χ2n) is 8.32. The van der Waals surface area contributed by atoms with Crippen molar-refractivity contribution in [2.45, 2.75) is 52.6 Å². The van der Waals surface area contributed by atoms with Gasteiger partial charge in [-0.3, -0.25) is 0 Å². The molecule has 0 aromatic heterocycles. The fourth-order valence-electron chi connectivity index (χ4n) is 3.12. The molecule has 29 heavy (non-hydrogen) atoms. The van der Waals surface area contributed by atoms with Gasteiger partial charge in [0.2, 0.25) is 0 Å². The van der Waals surface area contributed by atoms with Crippen molar-refractivity contribution >= 4 is 22.3 Å². The lowest BCUT2D eigenvalue weighted by molar-refractivity contribution is 0.0532. The summed E-state index contributed by atoms with van der Waals surface area (Å²) in [6.07, 6.45) is 2.32. The summed E-state index contributed by atoms with van der Waals surface area (Å²) in [6.45, 7) is 11.3. The van der Waals surface area contributed by atoms with Gasteiger partial charge in [0.25, 0.3) is 0 Å². The third kappa shape index (κ3) is 6.12. The first-order chi connectivity index (χ1) is 13.5. The highest BCUT2D eigenvalue weighted by atomic mass is 31.1. The first kappa shape index (κ1) is 23.5. The van der Waals surface area contributed by atoms with Gasteiger partial charge in [0.05, 0.1) is 13.7 Å². The molecule has 0 amide bonds. The van der Waals surface area contributed by atoms with E-state index in [1.165, 1.54) is 0 Å². The third-order valence-corrected chi connectivity index (χ3v) is 6.84. The number of esters is 1. The van der Waals surface area contributed by atoms with Crippen LogP contribution in [0.3, 0.4) is 0 Å². The summed E-state index contributed by atoms with van der Waals surface area (Å²) < 4.78 is 32.6. The van der Waals surface area contributed by atoms with E-state index >= 15 is 0 Å². The van der Waals surface area contributed by atoms with Crippen molar-refractivity contribution in [2.24, 2.45) is 0 Å². The van der Waals surface area contributed by atoms with Crippen LogP contribution in [0.5, 0.6) is 11.5 Å². The van der Waals surface area contributed by atoms with E-state index in [0.29, 0.717) is 30.1 Å². The summed E-state index contributed by atoms with van der Waals surface area (Å²) in [4.78, 5) is 21.3. The van der Waals surface area contributed by atoms with Gasteiger partial charge < -0.3 is 14.2 Å². The van der Waals surface area contributed by atoms with Crippen LogP contribution in [0.25, 0.3) is 0 Å². The van der Waals surface area contributed by atoms with Crippen LogP contribution in [-0.2, 0) is 26.9 Å². The molecule has 9 heteroatoms. The molecule has 1 atom stereocenters. The van der Waals surface area contributed by atoms with Gasteiger partial charge in [-0.05, 0) is 37.4 Å². The number of hydrogen-bond acceptors (Lipinski definition) is 6. The highest BCUT2D eigenvalue weighted by Crippen LogP contribution is 2.43. The number of rotatable bonds is 10. The Balaban J connectivity index is 2.44. The van der Waals surface area contributed by atoms with Gasteiger partial charge in [-0.15, -0.1) is 9.42 Å². The van der Waals surface area contributed by atoms with Crippen LogP contribution in [0.1, 0.15) is 34.0 Å². The van der Waals surface area contributed by atoms with E-state index in [4.69, 9.17) is 23.6 Å². The Morgan fingerprint density at radius 2 is 2.00 bits per heavy atom. The number of benzene rings is 1. The monoisotopic (exact) mass is 441 g/mol. The van der Waals surface area contributed by atoms with Crippen molar-refractivity contribution in [1.29, 1.82) is 0 Å². The zero-order valence-corrected chi connectivity index (χ0v) is 19.9. The lowest BCUT2D eigenvalue weighted by atomic mass is 9.95. The number of carbonyl (C=O) groups is 1. The molecule has 0 fully saturated rings. The molecule has 7 nitrogen and oxygen atoms in total. The quantitative estimate of drug-likeness (QED) is 0.247. The molecule has 0 saturated carbocycles. The number of methoxy groups -OCH3 is 1. The Bertz CT molecular complexity index is 827. The molecule has 1 N–H and O–H groups in total. The lowest BCUT2D eigenvalue weighted by Gasteiger charge is -2.21. The van der Waals surface area contributed by atoms with Crippen molar-refractivity contribution in [3.63, 3.8) is 0 Å². The minimum Gasteiger partial charge on any atom is -0.496 e. The van der Waals surface area contributed by atoms with Gasteiger partial charge in [-0.25, -0.2) is 4.79 Å². The lowest BCUT2D eigenvalue weighted by Crippen LogP contribution is -2.23. The molecule has 2 rings (SSSR count). The van der Waals surface area contributed by atoms with Gasteiger partial charge in [0.1, 0.15) is 30.3 Å². The summed E-state index contributed by atoms with van der Waals surface area (Å²) in [6, 6.07) is 0.957. The molecular weight excluding hydrogens is 411 g/mol. The minimum atomic E-state index is -2.65. The average molecular weight is 442 g/mol. The van der Waals surface area contributed by atoms with Gasteiger partial charge >= 0.3 is 14.2 Å². The van der Waals surface area contributed by atoms with Crippen LogP contribution < -0.4 is 9.47 Å². The van der Waals surface area contributed by atoms with E-state index < -0.39 is 16.3 Å². The normalized spacial score (nSPS) is 14.5. The molecule has 0 aliphatic carbocycles. The molecule has 0 bridgehead atoms. The zero-order valence-electron chi connectivity index (χ0n) is 18.0. The summed E-state index contributed by atoms with van der Waals surface area (Å²) >= 11 is 0. The number of cyclic esters (lactones) is 1. The predicted octanol–water partition coefficient (Wildman–Crippen LogP) is 4.55. The van der Waals surface area contributed by atoms with Crippen LogP contribution in [0.15, 0.2) is 11.6 Å². The van der Waals surface area contributed by atoms with Gasteiger partial charge in [0, 0.05) is 23.8 Å². The number of hydrogen-bond donors (Lipinski definition) is 1. The zero-order chi connectivity index (χ0) is 21.8. The van der Waals surface area contributed by atoms with Gasteiger partial charge in [-0.2, -0.15) is 0 Å². The van der Waals surface area contributed by atoms with Crippen LogP contribution >= 0.6 is 8.25 Å². The Labute approximate surface area is 174 Å². The molecule has 1 aliphatic rings. The molecule has 1 aromatic rings. The van der Waals surface area contributed by atoms with Gasteiger partial charge in [0.15, 0.2) is 0 Å². The molecule has 0 saturated heterocycles. The highest BCUT2D eigenvalue weighted by Gasteiger charge is 2.33. The van der Waals surface area contributed by atoms with Crippen molar-refractivity contribution in [2.75, 3.05) is 20.3 Å². The van der Waals surface area contributed by atoms with E-state index in [-0.39, 0.29) is 19.2 Å². The fraction of sp³-hybridized carbons (Fsp3) is 0.550. The van der Waals surface area contributed by atoms with Crippen molar-refractivity contribution < 1.29 is 33.0 Å². The Morgan fingerprint density at radius 3 is 2.59 bits per heavy atom. The largest absolute Gasteiger partial charge is 0.695 e. The molecule has 160 valence electrons. The van der Waals surface area contributed by atoms with Gasteiger partial charge in [-0.1, -0.05) is 25.7 Å². The standard InChI is InChI=1S/C20H29O7PSi/c1-13(11-27-28(22)23)7-8-15-18(24-3)14(2)16-12-26-20(21)17(16)19(15)25-9-10-29(4,5)6/h7H,8-12H2,1-6H3/p+1. The van der Waals surface area contributed by atoms with Crippen molar-refractivity contribution in [3.8, 4) is 11.5 Å². The minimum absolute atomic E-state index is 0.0474. The molecule has 0 radical (unpaired) electrons. The molecule has 1 unspecified atom stereocenters. The van der Waals surface area contributed by atoms with E-state index in [1.807, 2.05) is 19.9 Å². The Morgan fingerprint density at radius 1 is 1.31 bits per heavy atom. The highest BCUT2D eigenvalue weighted by molar-refractivity contribution is 7.32. The van der Waals surface area contributed by atoms with Crippen LogP contribution in [0.4, 0.5) is 0 Å².